The lowest BCUT2D eigenvalue weighted by atomic mass is 10.2. The Hall–Kier alpha value is -2.41. The van der Waals surface area contributed by atoms with E-state index in [-0.39, 0.29) is 18.4 Å². The minimum Gasteiger partial charge on any atom is -0.497 e. The van der Waals surface area contributed by atoms with E-state index in [9.17, 15) is 9.59 Å². The molecule has 0 aliphatic carbocycles. The smallest absolute Gasteiger partial charge is 0.266 e. The Labute approximate surface area is 144 Å². The van der Waals surface area contributed by atoms with Gasteiger partial charge in [0, 0.05) is 19.6 Å². The summed E-state index contributed by atoms with van der Waals surface area (Å²) in [5, 5.41) is 0.850. The molecule has 2 amide bonds. The van der Waals surface area contributed by atoms with Crippen LogP contribution in [0, 0.1) is 6.92 Å². The van der Waals surface area contributed by atoms with E-state index in [4.69, 9.17) is 4.74 Å². The lowest BCUT2D eigenvalue weighted by molar-refractivity contribution is -0.135. The Bertz CT molecular complexity index is 742. The summed E-state index contributed by atoms with van der Waals surface area (Å²) in [5.41, 5.74) is 1.04. The normalized spacial score (nSPS) is 14.8. The number of thiazole rings is 1. The highest BCUT2D eigenvalue weighted by Crippen LogP contribution is 2.18. The summed E-state index contributed by atoms with van der Waals surface area (Å²) in [6.45, 7) is 3.60. The molecule has 2 aromatic rings. The van der Waals surface area contributed by atoms with Crippen LogP contribution >= 0.6 is 11.3 Å². The molecule has 0 unspecified atom stereocenters. The molecule has 1 aliphatic rings. The minimum atomic E-state index is -0.113. The fourth-order valence-corrected chi connectivity index (χ4v) is 3.36. The van der Waals surface area contributed by atoms with Crippen molar-refractivity contribution in [2.75, 3.05) is 26.7 Å². The number of methoxy groups -OCH3 is 1. The summed E-state index contributed by atoms with van der Waals surface area (Å²) in [5.74, 6) is 0.644. The van der Waals surface area contributed by atoms with Crippen LogP contribution in [0.15, 0.2) is 30.5 Å². The van der Waals surface area contributed by atoms with Crippen molar-refractivity contribution >= 4 is 23.2 Å². The predicted octanol–water partition coefficient (Wildman–Crippen LogP) is 1.94. The van der Waals surface area contributed by atoms with Gasteiger partial charge in [-0.15, -0.1) is 11.3 Å². The first-order valence-electron chi connectivity index (χ1n) is 7.69. The van der Waals surface area contributed by atoms with E-state index >= 15 is 0 Å². The number of hydrogen-bond acceptors (Lipinski definition) is 5. The van der Waals surface area contributed by atoms with E-state index in [1.807, 2.05) is 31.2 Å². The second kappa shape index (κ2) is 7.00. The molecular formula is C17H19N3O3S. The summed E-state index contributed by atoms with van der Waals surface area (Å²) >= 11 is 1.36. The van der Waals surface area contributed by atoms with Crippen LogP contribution in [-0.4, -0.2) is 53.3 Å². The Morgan fingerprint density at radius 1 is 1.29 bits per heavy atom. The highest BCUT2D eigenvalue weighted by Gasteiger charge is 2.28. The van der Waals surface area contributed by atoms with Gasteiger partial charge in [0.2, 0.25) is 5.91 Å². The summed E-state index contributed by atoms with van der Waals surface area (Å²) in [4.78, 5) is 32.8. The van der Waals surface area contributed by atoms with Crippen LogP contribution in [0.5, 0.6) is 5.75 Å². The molecule has 1 fully saturated rings. The number of amides is 2. The zero-order valence-electron chi connectivity index (χ0n) is 13.7. The van der Waals surface area contributed by atoms with Crippen molar-refractivity contribution in [3.05, 3.63) is 45.9 Å². The molecule has 126 valence electrons. The van der Waals surface area contributed by atoms with E-state index < -0.39 is 0 Å². The number of rotatable bonds is 4. The predicted molar refractivity (Wildman–Crippen MR) is 91.2 cm³/mol. The van der Waals surface area contributed by atoms with Crippen molar-refractivity contribution in [3.63, 3.8) is 0 Å². The second-order valence-electron chi connectivity index (χ2n) is 5.63. The zero-order chi connectivity index (χ0) is 17.1. The van der Waals surface area contributed by atoms with Crippen molar-refractivity contribution in [2.24, 2.45) is 0 Å². The van der Waals surface area contributed by atoms with Gasteiger partial charge in [0.05, 0.1) is 18.3 Å². The molecule has 3 rings (SSSR count). The van der Waals surface area contributed by atoms with Gasteiger partial charge >= 0.3 is 0 Å². The number of nitrogens with zero attached hydrogens (tertiary/aromatic N) is 3. The average molecular weight is 345 g/mol. The number of carbonyl (C=O) groups is 2. The minimum absolute atomic E-state index is 0.0355. The highest BCUT2D eigenvalue weighted by molar-refractivity contribution is 7.13. The first-order valence-corrected chi connectivity index (χ1v) is 8.51. The van der Waals surface area contributed by atoms with Gasteiger partial charge in [-0.3, -0.25) is 9.59 Å². The molecule has 1 aliphatic heterocycles. The highest BCUT2D eigenvalue weighted by atomic mass is 32.1. The Morgan fingerprint density at radius 3 is 2.62 bits per heavy atom. The van der Waals surface area contributed by atoms with E-state index in [1.54, 1.807) is 23.1 Å². The van der Waals surface area contributed by atoms with Gasteiger partial charge in [-0.2, -0.15) is 0 Å². The third-order valence-electron chi connectivity index (χ3n) is 3.97. The van der Waals surface area contributed by atoms with Crippen molar-refractivity contribution < 1.29 is 14.3 Å². The van der Waals surface area contributed by atoms with E-state index in [2.05, 4.69) is 4.98 Å². The second-order valence-corrected chi connectivity index (χ2v) is 6.87. The lowest BCUT2D eigenvalue weighted by Crippen LogP contribution is -2.51. The molecule has 0 atom stereocenters. The van der Waals surface area contributed by atoms with Gasteiger partial charge in [0.25, 0.3) is 5.91 Å². The van der Waals surface area contributed by atoms with Gasteiger partial charge in [-0.1, -0.05) is 12.1 Å². The van der Waals surface area contributed by atoms with Crippen LogP contribution in [0.25, 0.3) is 0 Å². The van der Waals surface area contributed by atoms with E-state index in [0.29, 0.717) is 24.5 Å². The largest absolute Gasteiger partial charge is 0.497 e. The maximum atomic E-state index is 12.4. The van der Waals surface area contributed by atoms with Gasteiger partial charge in [0.15, 0.2) is 0 Å². The molecule has 24 heavy (non-hydrogen) atoms. The van der Waals surface area contributed by atoms with Gasteiger partial charge < -0.3 is 14.5 Å². The monoisotopic (exact) mass is 345 g/mol. The third kappa shape index (κ3) is 3.56. The molecule has 1 saturated heterocycles. The SMILES string of the molecule is COc1ccc(CN2CCN(C(=O)c3cnc(C)s3)CC2=O)cc1. The first kappa shape index (κ1) is 16.4. The Kier molecular flexibility index (Phi) is 4.80. The molecule has 0 saturated carbocycles. The van der Waals surface area contributed by atoms with Crippen molar-refractivity contribution in [3.8, 4) is 5.75 Å². The molecule has 0 spiro atoms. The van der Waals surface area contributed by atoms with Crippen LogP contribution in [0.1, 0.15) is 20.2 Å². The summed E-state index contributed by atoms with van der Waals surface area (Å²) in [7, 11) is 1.62. The molecule has 0 radical (unpaired) electrons. The van der Waals surface area contributed by atoms with Crippen LogP contribution in [0.2, 0.25) is 0 Å². The number of benzene rings is 1. The number of piperazine rings is 1. The van der Waals surface area contributed by atoms with E-state index in [1.165, 1.54) is 11.3 Å². The number of ether oxygens (including phenoxy) is 1. The fraction of sp³-hybridized carbons (Fsp3) is 0.353. The van der Waals surface area contributed by atoms with Crippen molar-refractivity contribution in [1.82, 2.24) is 14.8 Å². The Balaban J connectivity index is 1.60. The molecule has 0 N–H and O–H groups in total. The van der Waals surface area contributed by atoms with Gasteiger partial charge in [0.1, 0.15) is 17.2 Å². The molecule has 7 heteroatoms. The number of aryl methyl sites for hydroxylation is 1. The van der Waals surface area contributed by atoms with E-state index in [0.717, 1.165) is 16.3 Å². The van der Waals surface area contributed by atoms with Gasteiger partial charge in [-0.25, -0.2) is 4.98 Å². The molecule has 1 aromatic carbocycles. The molecule has 0 bridgehead atoms. The quantitative estimate of drug-likeness (QED) is 0.850. The van der Waals surface area contributed by atoms with Crippen molar-refractivity contribution in [1.29, 1.82) is 0 Å². The summed E-state index contributed by atoms with van der Waals surface area (Å²) < 4.78 is 5.14. The molecule has 2 heterocycles. The van der Waals surface area contributed by atoms with Crippen LogP contribution < -0.4 is 4.74 Å². The average Bonchev–Trinajstić information content (AvgIpc) is 3.03. The fourth-order valence-electron chi connectivity index (χ4n) is 2.62. The standard InChI is InChI=1S/C17H19N3O3S/c1-12-18-9-15(24-12)17(22)20-8-7-19(16(21)11-20)10-13-3-5-14(23-2)6-4-13/h3-6,9H,7-8,10-11H2,1-2H3. The molecule has 6 nitrogen and oxygen atoms in total. The van der Waals surface area contributed by atoms with Crippen molar-refractivity contribution in [2.45, 2.75) is 13.5 Å². The molecule has 1 aromatic heterocycles. The van der Waals surface area contributed by atoms with Crippen LogP contribution in [0.4, 0.5) is 0 Å². The maximum Gasteiger partial charge on any atom is 0.266 e. The van der Waals surface area contributed by atoms with Crippen LogP contribution in [-0.2, 0) is 11.3 Å². The number of hydrogen-bond donors (Lipinski definition) is 0. The third-order valence-corrected chi connectivity index (χ3v) is 4.87. The lowest BCUT2D eigenvalue weighted by Gasteiger charge is -2.34. The first-order chi connectivity index (χ1) is 11.6. The van der Waals surface area contributed by atoms with Crippen LogP contribution in [0.3, 0.4) is 0 Å². The van der Waals surface area contributed by atoms with Gasteiger partial charge in [-0.05, 0) is 24.6 Å². The summed E-state index contributed by atoms with van der Waals surface area (Å²) in [6.07, 6.45) is 1.58. The number of aromatic nitrogens is 1. The topological polar surface area (TPSA) is 62.7 Å². The Morgan fingerprint density at radius 2 is 2.04 bits per heavy atom. The number of carbonyl (C=O) groups excluding carboxylic acids is 2. The molecular weight excluding hydrogens is 326 g/mol. The maximum absolute atomic E-state index is 12.4. The zero-order valence-corrected chi connectivity index (χ0v) is 14.5. The summed E-state index contributed by atoms with van der Waals surface area (Å²) in [6, 6.07) is 7.66.